The van der Waals surface area contributed by atoms with Crippen LogP contribution in [0, 0.1) is 26.7 Å². The molecule has 2 heterocycles. The number of piperidine rings is 1. The fourth-order valence-corrected chi connectivity index (χ4v) is 4.92. The summed E-state index contributed by atoms with van der Waals surface area (Å²) < 4.78 is 12.3. The molecule has 6 heteroatoms. The molecule has 1 amide bonds. The molecule has 0 aliphatic carbocycles. The van der Waals surface area contributed by atoms with Gasteiger partial charge in [-0.25, -0.2) is 4.79 Å². The number of likely N-dealkylation sites (tertiary alicyclic amines) is 1. The second-order valence-corrected chi connectivity index (χ2v) is 10.7. The Morgan fingerprint density at radius 3 is 2.42 bits per heavy atom. The molecule has 2 aliphatic heterocycles. The Morgan fingerprint density at radius 1 is 1.19 bits per heavy atom. The van der Waals surface area contributed by atoms with Gasteiger partial charge in [0.2, 0.25) is 0 Å². The van der Waals surface area contributed by atoms with Crippen LogP contribution in [0.4, 0.5) is 4.79 Å². The normalized spacial score (nSPS) is 22.2. The molecule has 1 fully saturated rings. The average Bonchev–Trinajstić information content (AvgIpc) is 3.02. The third-order valence-corrected chi connectivity index (χ3v) is 6.68. The van der Waals surface area contributed by atoms with E-state index in [0.29, 0.717) is 11.7 Å². The van der Waals surface area contributed by atoms with E-state index in [9.17, 15) is 9.90 Å². The van der Waals surface area contributed by atoms with E-state index >= 15 is 0 Å². The molecule has 0 saturated carbocycles. The summed E-state index contributed by atoms with van der Waals surface area (Å²) in [5, 5.41) is 12.1. The molecule has 0 bridgehead atoms. The van der Waals surface area contributed by atoms with E-state index in [1.807, 2.05) is 41.5 Å². The molecule has 1 saturated heterocycles. The minimum atomic E-state index is -0.425. The molecule has 0 aromatic heterocycles. The van der Waals surface area contributed by atoms with Crippen LogP contribution in [-0.2, 0) is 6.42 Å². The summed E-state index contributed by atoms with van der Waals surface area (Å²) >= 11 is 0. The highest BCUT2D eigenvalue weighted by Crippen LogP contribution is 2.45. The maximum atomic E-state index is 12.4. The Bertz CT molecular complexity index is 822. The zero-order valence-corrected chi connectivity index (χ0v) is 20.4. The van der Waals surface area contributed by atoms with Crippen molar-refractivity contribution in [3.8, 4) is 11.5 Å². The molecule has 174 valence electrons. The molecule has 2 aliphatic rings. The van der Waals surface area contributed by atoms with E-state index in [4.69, 9.17) is 9.47 Å². The van der Waals surface area contributed by atoms with Crippen molar-refractivity contribution in [3.05, 3.63) is 22.3 Å². The Labute approximate surface area is 187 Å². The number of amides is 1. The highest BCUT2D eigenvalue weighted by Gasteiger charge is 2.40. The second kappa shape index (κ2) is 8.99. The first kappa shape index (κ1) is 23.9. The number of benzene rings is 1. The van der Waals surface area contributed by atoms with E-state index in [1.54, 1.807) is 0 Å². The predicted octanol–water partition coefficient (Wildman–Crippen LogP) is 4.29. The number of carbonyl (C=O) groups excluding carboxylic acids is 1. The highest BCUT2D eigenvalue weighted by atomic mass is 16.6. The standard InChI is InChI=1S/C25H40N2O4/c1-16-17(2)22-20(18(3)21(16)30-23(29)26-24(4,5)6)14-25(7,31-22)15-27-11-8-19(9-12-27)10-13-28/h19,28H,8-15H2,1-7H3,(H,26,29). The summed E-state index contributed by atoms with van der Waals surface area (Å²) in [6.07, 6.45) is 3.58. The van der Waals surface area contributed by atoms with E-state index in [0.717, 1.165) is 73.3 Å². The number of carbonyl (C=O) groups is 1. The molecule has 0 radical (unpaired) electrons. The van der Waals surface area contributed by atoms with Crippen LogP contribution >= 0.6 is 0 Å². The van der Waals surface area contributed by atoms with Gasteiger partial charge in [0, 0.05) is 30.7 Å². The van der Waals surface area contributed by atoms with Crippen LogP contribution in [0.2, 0.25) is 0 Å². The molecule has 1 unspecified atom stereocenters. The number of rotatable bonds is 5. The number of nitrogens with zero attached hydrogens (tertiary/aromatic N) is 1. The maximum Gasteiger partial charge on any atom is 0.413 e. The fraction of sp³-hybridized carbons (Fsp3) is 0.720. The fourth-order valence-electron chi connectivity index (χ4n) is 4.92. The summed E-state index contributed by atoms with van der Waals surface area (Å²) in [5.41, 5.74) is 3.50. The Kier molecular flexibility index (Phi) is 6.92. The largest absolute Gasteiger partial charge is 0.485 e. The monoisotopic (exact) mass is 432 g/mol. The Balaban J connectivity index is 1.74. The summed E-state index contributed by atoms with van der Waals surface area (Å²) in [4.78, 5) is 14.9. The lowest BCUT2D eigenvalue weighted by atomic mass is 9.90. The molecule has 1 atom stereocenters. The quantitative estimate of drug-likeness (QED) is 0.726. The summed E-state index contributed by atoms with van der Waals surface area (Å²) in [6.45, 7) is 17.4. The van der Waals surface area contributed by atoms with Gasteiger partial charge in [-0.3, -0.25) is 4.90 Å². The zero-order valence-electron chi connectivity index (χ0n) is 20.4. The van der Waals surface area contributed by atoms with Crippen LogP contribution in [-0.4, -0.2) is 53.5 Å². The number of nitrogens with one attached hydrogen (secondary N) is 1. The maximum absolute atomic E-state index is 12.4. The van der Waals surface area contributed by atoms with Crippen molar-refractivity contribution in [2.45, 2.75) is 85.3 Å². The lowest BCUT2D eigenvalue weighted by Crippen LogP contribution is -2.47. The lowest BCUT2D eigenvalue weighted by molar-refractivity contribution is 0.0450. The molecule has 3 rings (SSSR count). The van der Waals surface area contributed by atoms with Crippen LogP contribution in [0.15, 0.2) is 0 Å². The van der Waals surface area contributed by atoms with E-state index in [1.165, 1.54) is 0 Å². The summed E-state index contributed by atoms with van der Waals surface area (Å²) in [5.74, 6) is 2.24. The van der Waals surface area contributed by atoms with Crippen LogP contribution in [0.1, 0.15) is 69.2 Å². The van der Waals surface area contributed by atoms with Crippen LogP contribution in [0.25, 0.3) is 0 Å². The van der Waals surface area contributed by atoms with Gasteiger partial charge in [0.05, 0.1) is 0 Å². The highest BCUT2D eigenvalue weighted by molar-refractivity contribution is 5.73. The van der Waals surface area contributed by atoms with Crippen LogP contribution < -0.4 is 14.8 Å². The van der Waals surface area contributed by atoms with Crippen LogP contribution in [0.3, 0.4) is 0 Å². The van der Waals surface area contributed by atoms with Gasteiger partial charge in [-0.15, -0.1) is 0 Å². The van der Waals surface area contributed by atoms with E-state index < -0.39 is 6.09 Å². The first-order chi connectivity index (χ1) is 14.4. The topological polar surface area (TPSA) is 71.0 Å². The number of aliphatic hydroxyl groups is 1. The summed E-state index contributed by atoms with van der Waals surface area (Å²) in [7, 11) is 0. The van der Waals surface area contributed by atoms with Crippen molar-refractivity contribution < 1.29 is 19.4 Å². The minimum absolute atomic E-state index is 0.289. The van der Waals surface area contributed by atoms with Crippen LogP contribution in [0.5, 0.6) is 11.5 Å². The SMILES string of the molecule is Cc1c(C)c2c(c(C)c1OC(=O)NC(C)(C)C)CC(C)(CN1CCC(CCO)CC1)O2. The minimum Gasteiger partial charge on any atom is -0.485 e. The summed E-state index contributed by atoms with van der Waals surface area (Å²) in [6, 6.07) is 0. The van der Waals surface area contributed by atoms with E-state index in [2.05, 4.69) is 17.1 Å². The molecule has 1 aromatic rings. The van der Waals surface area contributed by atoms with Crippen molar-refractivity contribution in [2.24, 2.45) is 5.92 Å². The van der Waals surface area contributed by atoms with Crippen molar-refractivity contribution in [3.63, 3.8) is 0 Å². The Hall–Kier alpha value is -1.79. The predicted molar refractivity (Wildman–Crippen MR) is 123 cm³/mol. The van der Waals surface area contributed by atoms with Gasteiger partial charge in [0.1, 0.15) is 17.1 Å². The molecule has 1 aromatic carbocycles. The smallest absolute Gasteiger partial charge is 0.413 e. The van der Waals surface area contributed by atoms with Gasteiger partial charge in [-0.05, 0) is 103 Å². The van der Waals surface area contributed by atoms with Gasteiger partial charge in [0.25, 0.3) is 0 Å². The van der Waals surface area contributed by atoms with Gasteiger partial charge < -0.3 is 19.9 Å². The van der Waals surface area contributed by atoms with Gasteiger partial charge >= 0.3 is 6.09 Å². The number of fused-ring (bicyclic) bond motifs is 1. The molecular weight excluding hydrogens is 392 g/mol. The van der Waals surface area contributed by atoms with Gasteiger partial charge in [-0.2, -0.15) is 0 Å². The third-order valence-electron chi connectivity index (χ3n) is 6.68. The Morgan fingerprint density at radius 2 is 1.84 bits per heavy atom. The first-order valence-corrected chi connectivity index (χ1v) is 11.6. The number of hydrogen-bond acceptors (Lipinski definition) is 5. The van der Waals surface area contributed by atoms with Crippen molar-refractivity contribution >= 4 is 6.09 Å². The first-order valence-electron chi connectivity index (χ1n) is 11.6. The average molecular weight is 433 g/mol. The van der Waals surface area contributed by atoms with Gasteiger partial charge in [-0.1, -0.05) is 0 Å². The van der Waals surface area contributed by atoms with Crippen molar-refractivity contribution in [1.82, 2.24) is 10.2 Å². The molecule has 6 nitrogen and oxygen atoms in total. The number of ether oxygens (including phenoxy) is 2. The molecule has 2 N–H and O–H groups in total. The molecule has 0 spiro atoms. The number of hydrogen-bond donors (Lipinski definition) is 2. The van der Waals surface area contributed by atoms with Crippen molar-refractivity contribution in [1.29, 1.82) is 0 Å². The number of aliphatic hydroxyl groups excluding tert-OH is 1. The lowest BCUT2D eigenvalue weighted by Gasteiger charge is -2.37. The van der Waals surface area contributed by atoms with Crippen molar-refractivity contribution in [2.75, 3.05) is 26.2 Å². The second-order valence-electron chi connectivity index (χ2n) is 10.7. The van der Waals surface area contributed by atoms with E-state index in [-0.39, 0.29) is 17.7 Å². The zero-order chi connectivity index (χ0) is 23.0. The molecular formula is C25H40N2O4. The molecule has 31 heavy (non-hydrogen) atoms. The third kappa shape index (κ3) is 5.53. The van der Waals surface area contributed by atoms with Gasteiger partial charge in [0.15, 0.2) is 0 Å².